The van der Waals surface area contributed by atoms with Crippen molar-refractivity contribution in [3.05, 3.63) is 54.1 Å². The molecular weight excluding hydrogens is 332 g/mol. The first-order valence-electron chi connectivity index (χ1n) is 8.18. The van der Waals surface area contributed by atoms with Gasteiger partial charge < -0.3 is 9.88 Å². The van der Waals surface area contributed by atoms with Gasteiger partial charge in [-0.15, -0.1) is 5.10 Å². The van der Waals surface area contributed by atoms with Gasteiger partial charge in [0.05, 0.1) is 18.1 Å². The lowest BCUT2D eigenvalue weighted by Crippen LogP contribution is -2.18. The quantitative estimate of drug-likeness (QED) is 0.481. The van der Waals surface area contributed by atoms with Gasteiger partial charge in [0.2, 0.25) is 0 Å². The van der Waals surface area contributed by atoms with Crippen molar-refractivity contribution >= 4 is 17.4 Å². The molecule has 1 amide bonds. The van der Waals surface area contributed by atoms with E-state index < -0.39 is 5.91 Å². The molecule has 0 aliphatic heterocycles. The minimum Gasteiger partial charge on any atom is -0.339 e. The minimum atomic E-state index is -0.560. The molecule has 0 aliphatic carbocycles. The molecule has 0 spiro atoms. The number of hydroxylamine groups is 1. The van der Waals surface area contributed by atoms with Gasteiger partial charge >= 0.3 is 0 Å². The fourth-order valence-electron chi connectivity index (χ4n) is 2.80. The monoisotopic (exact) mass is 352 g/mol. The van der Waals surface area contributed by atoms with Gasteiger partial charge in [-0.1, -0.05) is 0 Å². The number of aryl methyl sites for hydroxylation is 1. The number of benzene rings is 1. The smallest absolute Gasteiger partial charge is 0.274 e. The first-order chi connectivity index (χ1) is 12.5. The third kappa shape index (κ3) is 3.55. The Kier molecular flexibility index (Phi) is 4.94. The second-order valence-electron chi connectivity index (χ2n) is 6.13. The van der Waals surface area contributed by atoms with Crippen LogP contribution in [0.2, 0.25) is 0 Å². The van der Waals surface area contributed by atoms with Crippen LogP contribution in [-0.4, -0.2) is 30.9 Å². The van der Waals surface area contributed by atoms with Crippen molar-refractivity contribution in [2.75, 3.05) is 5.32 Å². The number of rotatable bonds is 5. The van der Waals surface area contributed by atoms with Crippen LogP contribution >= 0.6 is 0 Å². The van der Waals surface area contributed by atoms with Crippen molar-refractivity contribution < 1.29 is 10.0 Å². The predicted molar refractivity (Wildman–Crippen MR) is 97.4 cm³/mol. The molecule has 0 unspecified atom stereocenters. The summed E-state index contributed by atoms with van der Waals surface area (Å²) < 4.78 is 2.14. The molecule has 2 heterocycles. The number of hydrogen-bond donors (Lipinski definition) is 3. The Balaban J connectivity index is 1.85. The Morgan fingerprint density at radius 3 is 2.58 bits per heavy atom. The average Bonchev–Trinajstić information content (AvgIpc) is 3.04. The minimum absolute atomic E-state index is 0.280. The molecule has 8 nitrogen and oxygen atoms in total. The lowest BCUT2D eigenvalue weighted by molar-refractivity contribution is 0.0706. The van der Waals surface area contributed by atoms with E-state index in [0.29, 0.717) is 11.4 Å². The van der Waals surface area contributed by atoms with Crippen LogP contribution in [0.3, 0.4) is 0 Å². The molecule has 0 atom stereocenters. The molecule has 0 fully saturated rings. The van der Waals surface area contributed by atoms with E-state index in [0.717, 1.165) is 22.8 Å². The maximum absolute atomic E-state index is 11.4. The normalized spacial score (nSPS) is 10.8. The van der Waals surface area contributed by atoms with Crippen molar-refractivity contribution in [3.63, 3.8) is 0 Å². The summed E-state index contributed by atoms with van der Waals surface area (Å²) in [5.41, 5.74) is 4.60. The third-order valence-corrected chi connectivity index (χ3v) is 3.97. The number of hydrogen-bond acceptors (Lipinski definition) is 6. The number of nitrogens with zero attached hydrogens (tertiary/aromatic N) is 4. The van der Waals surface area contributed by atoms with Crippen LogP contribution in [0.4, 0.5) is 11.5 Å². The van der Waals surface area contributed by atoms with Crippen LogP contribution in [0.15, 0.2) is 42.7 Å². The zero-order valence-corrected chi connectivity index (χ0v) is 14.8. The van der Waals surface area contributed by atoms with Gasteiger partial charge in [0.25, 0.3) is 5.91 Å². The first kappa shape index (κ1) is 17.6. The predicted octanol–water partition coefficient (Wildman–Crippen LogP) is 3.09. The Morgan fingerprint density at radius 2 is 1.92 bits per heavy atom. The van der Waals surface area contributed by atoms with E-state index in [4.69, 9.17) is 5.21 Å². The van der Waals surface area contributed by atoms with Gasteiger partial charge in [-0.2, -0.15) is 5.10 Å². The number of nitrogens with one attached hydrogen (secondary N) is 2. The summed E-state index contributed by atoms with van der Waals surface area (Å²) in [6.07, 6.45) is 3.54. The third-order valence-electron chi connectivity index (χ3n) is 3.97. The Bertz CT molecular complexity index is 918. The van der Waals surface area contributed by atoms with Crippen molar-refractivity contribution in [3.8, 4) is 11.3 Å². The van der Waals surface area contributed by atoms with E-state index in [2.05, 4.69) is 38.9 Å². The second-order valence-corrected chi connectivity index (χ2v) is 6.13. The summed E-state index contributed by atoms with van der Waals surface area (Å²) in [4.78, 5) is 15.8. The van der Waals surface area contributed by atoms with Crippen LogP contribution in [0.5, 0.6) is 0 Å². The fourth-order valence-corrected chi connectivity index (χ4v) is 2.80. The van der Waals surface area contributed by atoms with Gasteiger partial charge in [-0.3, -0.25) is 10.0 Å². The topological polar surface area (TPSA) is 105 Å². The first-order valence-corrected chi connectivity index (χ1v) is 8.18. The molecule has 3 aromatic rings. The van der Waals surface area contributed by atoms with Crippen molar-refractivity contribution in [1.29, 1.82) is 0 Å². The van der Waals surface area contributed by atoms with Crippen LogP contribution in [0, 0.1) is 6.92 Å². The summed E-state index contributed by atoms with van der Waals surface area (Å²) in [5.74, 6) is 0.964. The highest BCUT2D eigenvalue weighted by molar-refractivity contribution is 5.93. The number of carbonyl (C=O) groups excluding carboxylic acids is 1. The molecule has 3 rings (SSSR count). The van der Waals surface area contributed by atoms with Gasteiger partial charge in [0, 0.05) is 22.9 Å². The number of carbonyl (C=O) groups is 1. The van der Waals surface area contributed by atoms with Crippen LogP contribution in [0.25, 0.3) is 11.3 Å². The maximum atomic E-state index is 11.4. The van der Waals surface area contributed by atoms with E-state index in [1.54, 1.807) is 35.9 Å². The molecular formula is C18H20N6O2. The molecule has 0 bridgehead atoms. The van der Waals surface area contributed by atoms with Crippen LogP contribution < -0.4 is 10.8 Å². The SMILES string of the molecule is Cc1ncc(-c2cnnc(Nc3ccc(C(=O)NO)cc3)c2)n1C(C)C. The van der Waals surface area contributed by atoms with Gasteiger partial charge in [-0.05, 0) is 51.1 Å². The van der Waals surface area contributed by atoms with E-state index in [-0.39, 0.29) is 6.04 Å². The van der Waals surface area contributed by atoms with Gasteiger partial charge in [0.15, 0.2) is 5.82 Å². The molecule has 2 aromatic heterocycles. The molecule has 3 N–H and O–H groups in total. The number of anilines is 2. The summed E-state index contributed by atoms with van der Waals surface area (Å²) in [6.45, 7) is 6.19. The van der Waals surface area contributed by atoms with Crippen LogP contribution in [-0.2, 0) is 0 Å². The molecule has 0 saturated carbocycles. The lowest BCUT2D eigenvalue weighted by Gasteiger charge is -2.14. The Labute approximate surface area is 150 Å². The Morgan fingerprint density at radius 1 is 1.19 bits per heavy atom. The summed E-state index contributed by atoms with van der Waals surface area (Å²) in [5, 5.41) is 20.0. The fraction of sp³-hybridized carbons (Fsp3) is 0.222. The lowest BCUT2D eigenvalue weighted by atomic mass is 10.2. The Hall–Kier alpha value is -3.26. The maximum Gasteiger partial charge on any atom is 0.274 e. The molecule has 8 heteroatoms. The highest BCUT2D eigenvalue weighted by atomic mass is 16.5. The standard InChI is InChI=1S/C18H20N6O2/c1-11(2)24-12(3)19-10-16(24)14-8-17(22-20-9-14)21-15-6-4-13(5-7-15)18(25)23-26/h4-11,26H,1-3H3,(H,21,22)(H,23,25). The van der Waals surface area contributed by atoms with E-state index in [1.165, 1.54) is 0 Å². The molecule has 134 valence electrons. The van der Waals surface area contributed by atoms with E-state index in [9.17, 15) is 4.79 Å². The highest BCUT2D eigenvalue weighted by Crippen LogP contribution is 2.26. The van der Waals surface area contributed by atoms with Crippen molar-refractivity contribution in [2.45, 2.75) is 26.8 Å². The number of aromatic nitrogens is 4. The number of amides is 1. The van der Waals surface area contributed by atoms with Crippen molar-refractivity contribution in [1.82, 2.24) is 25.2 Å². The van der Waals surface area contributed by atoms with Crippen molar-refractivity contribution in [2.24, 2.45) is 0 Å². The molecule has 0 saturated heterocycles. The molecule has 0 aliphatic rings. The highest BCUT2D eigenvalue weighted by Gasteiger charge is 2.13. The van der Waals surface area contributed by atoms with E-state index in [1.807, 2.05) is 19.2 Å². The zero-order valence-electron chi connectivity index (χ0n) is 14.8. The molecule has 1 aromatic carbocycles. The van der Waals surface area contributed by atoms with E-state index >= 15 is 0 Å². The molecule has 0 radical (unpaired) electrons. The largest absolute Gasteiger partial charge is 0.339 e. The molecule has 26 heavy (non-hydrogen) atoms. The average molecular weight is 352 g/mol. The zero-order chi connectivity index (χ0) is 18.7. The second kappa shape index (κ2) is 7.32. The van der Waals surface area contributed by atoms with Gasteiger partial charge in [-0.25, -0.2) is 10.5 Å². The number of imidazole rings is 1. The van der Waals surface area contributed by atoms with Crippen LogP contribution in [0.1, 0.15) is 36.1 Å². The van der Waals surface area contributed by atoms with Gasteiger partial charge in [0.1, 0.15) is 5.82 Å². The summed E-state index contributed by atoms with van der Waals surface area (Å²) >= 11 is 0. The summed E-state index contributed by atoms with van der Waals surface area (Å²) in [6, 6.07) is 8.83. The summed E-state index contributed by atoms with van der Waals surface area (Å²) in [7, 11) is 0.